The number of ether oxygens (including phenoxy) is 1. The average Bonchev–Trinajstić information content (AvgIpc) is 3.38. The molecule has 0 aliphatic carbocycles. The number of hydrogen-bond acceptors (Lipinski definition) is 8. The second kappa shape index (κ2) is 12.5. The molecule has 4 heterocycles. The van der Waals surface area contributed by atoms with Gasteiger partial charge in [0.2, 0.25) is 0 Å². The maximum atomic E-state index is 13.8. The van der Waals surface area contributed by atoms with E-state index in [2.05, 4.69) is 26.6 Å². The summed E-state index contributed by atoms with van der Waals surface area (Å²) in [6, 6.07) is 8.76. The summed E-state index contributed by atoms with van der Waals surface area (Å²) in [4.78, 5) is 9.14. The first-order chi connectivity index (χ1) is 19.0. The highest BCUT2D eigenvalue weighted by atomic mass is 19.1. The van der Waals surface area contributed by atoms with E-state index < -0.39 is 6.10 Å². The zero-order chi connectivity index (χ0) is 27.9. The van der Waals surface area contributed by atoms with Crippen molar-refractivity contribution in [2.45, 2.75) is 52.7 Å². The van der Waals surface area contributed by atoms with Crippen molar-refractivity contribution in [2.24, 2.45) is 15.9 Å². The summed E-state index contributed by atoms with van der Waals surface area (Å²) in [5.74, 6) is 5.94. The lowest BCUT2D eigenvalue weighted by atomic mass is 10.0. The van der Waals surface area contributed by atoms with E-state index in [4.69, 9.17) is 15.6 Å². The smallest absolute Gasteiger partial charge is 0.148 e. The summed E-state index contributed by atoms with van der Waals surface area (Å²) in [6.45, 7) is 9.63. The molecule has 1 saturated heterocycles. The quantitative estimate of drug-likeness (QED) is 0.208. The van der Waals surface area contributed by atoms with Crippen molar-refractivity contribution in [3.63, 3.8) is 0 Å². The van der Waals surface area contributed by atoms with Crippen LogP contribution in [0.25, 0.3) is 16.3 Å². The molecule has 5 rings (SSSR count). The minimum atomic E-state index is -0.468. The van der Waals surface area contributed by atoms with Crippen LogP contribution in [-0.4, -0.2) is 45.2 Å². The van der Waals surface area contributed by atoms with Gasteiger partial charge in [-0.1, -0.05) is 19.9 Å². The van der Waals surface area contributed by atoms with Gasteiger partial charge >= 0.3 is 0 Å². The Labute approximate surface area is 227 Å². The van der Waals surface area contributed by atoms with Crippen LogP contribution in [-0.2, 0) is 0 Å². The van der Waals surface area contributed by atoms with Gasteiger partial charge in [-0.3, -0.25) is 9.98 Å². The number of hydrazone groups is 1. The van der Waals surface area contributed by atoms with Gasteiger partial charge in [0.05, 0.1) is 18.0 Å². The van der Waals surface area contributed by atoms with Crippen LogP contribution in [0, 0.1) is 17.1 Å². The van der Waals surface area contributed by atoms with Gasteiger partial charge in [-0.15, -0.1) is 0 Å². The van der Waals surface area contributed by atoms with E-state index in [0.29, 0.717) is 33.5 Å². The molecule has 1 fully saturated rings. The second-order valence-corrected chi connectivity index (χ2v) is 9.08. The van der Waals surface area contributed by atoms with Gasteiger partial charge in [0.1, 0.15) is 40.5 Å². The Morgan fingerprint density at radius 2 is 2.00 bits per heavy atom. The van der Waals surface area contributed by atoms with Crippen molar-refractivity contribution >= 4 is 27.7 Å². The van der Waals surface area contributed by atoms with Crippen LogP contribution in [0.5, 0.6) is 5.75 Å². The number of rotatable bonds is 6. The fraction of sp³-hybridized carbons (Fsp3) is 0.345. The van der Waals surface area contributed by atoms with E-state index >= 15 is 0 Å². The molecule has 0 radical (unpaired) electrons. The third kappa shape index (κ3) is 5.89. The Morgan fingerprint density at radius 3 is 2.72 bits per heavy atom. The summed E-state index contributed by atoms with van der Waals surface area (Å²) in [5, 5.41) is 22.9. The number of halogens is 1. The van der Waals surface area contributed by atoms with E-state index in [-0.39, 0.29) is 11.9 Å². The number of hydrogen-bond donors (Lipinski definition) is 2. The number of benzene rings is 1. The van der Waals surface area contributed by atoms with Crippen LogP contribution in [0.2, 0.25) is 0 Å². The summed E-state index contributed by atoms with van der Waals surface area (Å²) >= 11 is 0. The Hall–Kier alpha value is -4.36. The average molecular weight is 529 g/mol. The molecule has 202 valence electrons. The number of nitriles is 1. The lowest BCUT2D eigenvalue weighted by molar-refractivity contribution is 0.230. The van der Waals surface area contributed by atoms with E-state index in [0.717, 1.165) is 42.6 Å². The molecule has 3 aromatic heterocycles. The Balaban J connectivity index is 0.00000172. The van der Waals surface area contributed by atoms with E-state index in [1.807, 2.05) is 27.7 Å². The molecule has 10 heteroatoms. The Bertz CT molecular complexity index is 1560. The van der Waals surface area contributed by atoms with Gasteiger partial charge in [0, 0.05) is 35.1 Å². The van der Waals surface area contributed by atoms with Crippen molar-refractivity contribution in [3.05, 3.63) is 71.6 Å². The van der Waals surface area contributed by atoms with Crippen molar-refractivity contribution in [2.75, 3.05) is 13.1 Å². The van der Waals surface area contributed by atoms with Crippen LogP contribution < -0.4 is 15.9 Å². The molecule has 1 aliphatic rings. The van der Waals surface area contributed by atoms with Crippen LogP contribution in [0.15, 0.2) is 59.1 Å². The number of pyridine rings is 2. The SMILES string of the molecule is CC.CC(=NC1CCNCC1)/C(=N\N)c1cc(OC(C)c2cncc3cc(F)ccc23)c2c(C#N)cnn2c1. The number of fused-ring (bicyclic) bond motifs is 2. The molecule has 0 amide bonds. The van der Waals surface area contributed by atoms with Crippen molar-refractivity contribution in [1.29, 1.82) is 5.26 Å². The van der Waals surface area contributed by atoms with E-state index in [9.17, 15) is 9.65 Å². The zero-order valence-electron chi connectivity index (χ0n) is 22.6. The number of piperidine rings is 1. The summed E-state index contributed by atoms with van der Waals surface area (Å²) in [7, 11) is 0. The summed E-state index contributed by atoms with van der Waals surface area (Å²) in [6.07, 6.45) is 8.02. The molecule has 4 aromatic rings. The van der Waals surface area contributed by atoms with Gasteiger partial charge in [-0.2, -0.15) is 15.5 Å². The standard InChI is InChI=1S/C27H27FN8O.C2H6/c1-16(34-22-5-7-31-8-6-22)26(35-30)19-10-25(27-20(11-29)13-33-36(27)15-19)37-17(2)24-14-32-12-18-9-21(28)3-4-23(18)24;1-2/h3-4,9-10,12-15,17,22,31H,5-8,30H2,1-2H3;1-2H3/b34-16?,35-26+;. The van der Waals surface area contributed by atoms with Crippen molar-refractivity contribution in [1.82, 2.24) is 19.9 Å². The van der Waals surface area contributed by atoms with Crippen LogP contribution in [0.3, 0.4) is 0 Å². The molecule has 3 N–H and O–H groups in total. The van der Waals surface area contributed by atoms with Crippen molar-refractivity contribution < 1.29 is 9.13 Å². The minimum absolute atomic E-state index is 0.205. The Kier molecular flexibility index (Phi) is 8.84. The molecule has 1 aromatic carbocycles. The first kappa shape index (κ1) is 27.7. The normalized spacial score (nSPS) is 15.5. The fourth-order valence-corrected chi connectivity index (χ4v) is 4.78. The molecular weight excluding hydrogens is 495 g/mol. The van der Waals surface area contributed by atoms with Gasteiger partial charge in [-0.05, 0) is 63.4 Å². The number of aliphatic imine (C=N–C) groups is 1. The lowest BCUT2D eigenvalue weighted by Crippen LogP contribution is -2.31. The highest BCUT2D eigenvalue weighted by Crippen LogP contribution is 2.32. The number of nitrogens with two attached hydrogens (primary N) is 1. The molecule has 9 nitrogen and oxygen atoms in total. The highest BCUT2D eigenvalue weighted by molar-refractivity contribution is 6.47. The highest BCUT2D eigenvalue weighted by Gasteiger charge is 2.21. The maximum absolute atomic E-state index is 13.8. The zero-order valence-corrected chi connectivity index (χ0v) is 22.6. The predicted molar refractivity (Wildman–Crippen MR) is 152 cm³/mol. The predicted octanol–water partition coefficient (Wildman–Crippen LogP) is 4.94. The molecular formula is C29H33FN8O. The minimum Gasteiger partial charge on any atom is -0.484 e. The van der Waals surface area contributed by atoms with Crippen LogP contribution >= 0.6 is 0 Å². The first-order valence-corrected chi connectivity index (χ1v) is 13.1. The molecule has 39 heavy (non-hydrogen) atoms. The van der Waals surface area contributed by atoms with Crippen LogP contribution in [0.4, 0.5) is 4.39 Å². The maximum Gasteiger partial charge on any atom is 0.148 e. The molecule has 0 bridgehead atoms. The van der Waals surface area contributed by atoms with Gasteiger partial charge in [0.15, 0.2) is 0 Å². The Morgan fingerprint density at radius 1 is 1.23 bits per heavy atom. The van der Waals surface area contributed by atoms with E-state index in [1.54, 1.807) is 35.2 Å². The van der Waals surface area contributed by atoms with Crippen molar-refractivity contribution in [3.8, 4) is 11.8 Å². The number of aromatic nitrogens is 3. The second-order valence-electron chi connectivity index (χ2n) is 9.08. The van der Waals surface area contributed by atoms with Gasteiger partial charge in [0.25, 0.3) is 0 Å². The molecule has 1 atom stereocenters. The molecule has 1 unspecified atom stereocenters. The number of nitrogens with zero attached hydrogens (tertiary/aromatic N) is 6. The topological polar surface area (TPSA) is 126 Å². The monoisotopic (exact) mass is 528 g/mol. The third-order valence-corrected chi connectivity index (χ3v) is 6.62. The molecule has 0 saturated carbocycles. The summed E-state index contributed by atoms with van der Waals surface area (Å²) in [5.41, 5.74) is 3.60. The van der Waals surface area contributed by atoms with Gasteiger partial charge in [-0.25, -0.2) is 8.91 Å². The number of nitrogens with one attached hydrogen (secondary N) is 1. The van der Waals surface area contributed by atoms with E-state index in [1.165, 1.54) is 18.3 Å². The van der Waals surface area contributed by atoms with Crippen LogP contribution in [0.1, 0.15) is 63.3 Å². The first-order valence-electron chi connectivity index (χ1n) is 13.1. The van der Waals surface area contributed by atoms with Gasteiger partial charge < -0.3 is 15.9 Å². The summed E-state index contributed by atoms with van der Waals surface area (Å²) < 4.78 is 21.8. The molecule has 0 spiro atoms. The third-order valence-electron chi connectivity index (χ3n) is 6.62. The largest absolute Gasteiger partial charge is 0.484 e. The lowest BCUT2D eigenvalue weighted by Gasteiger charge is -2.20. The molecule has 1 aliphatic heterocycles. The fourth-order valence-electron chi connectivity index (χ4n) is 4.78.